The Labute approximate surface area is 198 Å². The number of carbonyl (C=O) groups is 1. The van der Waals surface area contributed by atoms with Gasteiger partial charge in [0.1, 0.15) is 11.9 Å². The first-order chi connectivity index (χ1) is 16.2. The van der Waals surface area contributed by atoms with Crippen LogP contribution in [0.15, 0.2) is 54.6 Å². The van der Waals surface area contributed by atoms with Gasteiger partial charge in [0.25, 0.3) is 0 Å². The molecule has 0 aromatic heterocycles. The van der Waals surface area contributed by atoms with Crippen LogP contribution in [0.3, 0.4) is 0 Å². The molecule has 0 bridgehead atoms. The first kappa shape index (κ1) is 23.8. The van der Waals surface area contributed by atoms with Crippen molar-refractivity contribution in [3.8, 4) is 5.75 Å². The van der Waals surface area contributed by atoms with Crippen LogP contribution in [0.4, 0.5) is 0 Å². The van der Waals surface area contributed by atoms with Crippen LogP contribution >= 0.6 is 0 Å². The number of benzene rings is 2. The Kier molecular flexibility index (Phi) is 8.79. The molecule has 5 heteroatoms. The van der Waals surface area contributed by atoms with Gasteiger partial charge in [0, 0.05) is 19.1 Å². The van der Waals surface area contributed by atoms with Crippen molar-refractivity contribution in [2.24, 2.45) is 0 Å². The maximum atomic E-state index is 12.5. The van der Waals surface area contributed by atoms with Crippen LogP contribution in [0.5, 0.6) is 5.75 Å². The number of carbonyl (C=O) groups excluding carboxylic acids is 1. The lowest BCUT2D eigenvalue weighted by Crippen LogP contribution is -2.38. The van der Waals surface area contributed by atoms with E-state index in [0.29, 0.717) is 18.2 Å². The fourth-order valence-corrected chi connectivity index (χ4v) is 5.01. The molecule has 2 aliphatic heterocycles. The molecular formula is C28H38N2O3. The molecule has 0 aliphatic carbocycles. The summed E-state index contributed by atoms with van der Waals surface area (Å²) >= 11 is 0. The molecule has 2 aromatic rings. The van der Waals surface area contributed by atoms with Crippen molar-refractivity contribution in [3.05, 3.63) is 65.7 Å². The monoisotopic (exact) mass is 450 g/mol. The third-order valence-electron chi connectivity index (χ3n) is 7.05. The summed E-state index contributed by atoms with van der Waals surface area (Å²) in [4.78, 5) is 17.4. The molecule has 0 radical (unpaired) electrons. The van der Waals surface area contributed by atoms with Crippen LogP contribution in [0, 0.1) is 0 Å². The third-order valence-corrected chi connectivity index (χ3v) is 7.05. The van der Waals surface area contributed by atoms with Crippen LogP contribution in [-0.4, -0.2) is 67.7 Å². The number of hydrogen-bond donors (Lipinski definition) is 0. The average molecular weight is 451 g/mol. The zero-order chi connectivity index (χ0) is 22.9. The summed E-state index contributed by atoms with van der Waals surface area (Å²) < 4.78 is 11.8. The average Bonchev–Trinajstić information content (AvgIpc) is 3.25. The Bertz CT molecular complexity index is 864. The van der Waals surface area contributed by atoms with E-state index in [9.17, 15) is 4.79 Å². The number of piperidine rings is 1. The topological polar surface area (TPSA) is 42.0 Å². The molecular weight excluding hydrogens is 412 g/mol. The summed E-state index contributed by atoms with van der Waals surface area (Å²) in [6.45, 7) is 4.89. The van der Waals surface area contributed by atoms with Gasteiger partial charge in [-0.1, -0.05) is 36.4 Å². The predicted octanol–water partition coefficient (Wildman–Crippen LogP) is 4.80. The quantitative estimate of drug-likeness (QED) is 0.486. The first-order valence-corrected chi connectivity index (χ1v) is 12.6. The zero-order valence-electron chi connectivity index (χ0n) is 20.0. The summed E-state index contributed by atoms with van der Waals surface area (Å²) in [6.07, 6.45) is 7.92. The van der Waals surface area contributed by atoms with E-state index < -0.39 is 0 Å². The maximum Gasteiger partial charge on any atom is 0.338 e. The number of esters is 1. The molecule has 0 N–H and O–H groups in total. The molecule has 2 aromatic carbocycles. The largest absolute Gasteiger partial charge is 0.490 e. The standard InChI is InChI=1S/C28H38N2O3/c1-29-17-7-12-25(29)16-21-32-28(31)24-11-5-13-27(22-24)33-26-14-19-30(20-15-26)18-6-10-23-8-3-2-4-9-23/h2-5,8-9,11,13,22,25-26H,6-7,10,12,14-21H2,1H3. The van der Waals surface area contributed by atoms with Crippen molar-refractivity contribution in [1.29, 1.82) is 0 Å². The Balaban J connectivity index is 1.16. The number of aryl methyl sites for hydroxylation is 1. The van der Waals surface area contributed by atoms with Crippen molar-refractivity contribution >= 4 is 5.97 Å². The molecule has 0 saturated carbocycles. The number of likely N-dealkylation sites (tertiary alicyclic amines) is 2. The molecule has 4 rings (SSSR count). The summed E-state index contributed by atoms with van der Waals surface area (Å²) in [5.41, 5.74) is 1.99. The molecule has 0 amide bonds. The second kappa shape index (κ2) is 12.2. The minimum absolute atomic E-state index is 0.208. The van der Waals surface area contributed by atoms with Crippen molar-refractivity contribution < 1.29 is 14.3 Å². The highest BCUT2D eigenvalue weighted by Gasteiger charge is 2.22. The van der Waals surface area contributed by atoms with Gasteiger partial charge in [-0.15, -0.1) is 0 Å². The lowest BCUT2D eigenvalue weighted by Gasteiger charge is -2.32. The van der Waals surface area contributed by atoms with Crippen LogP contribution in [-0.2, 0) is 11.2 Å². The Morgan fingerprint density at radius 3 is 2.58 bits per heavy atom. The van der Waals surface area contributed by atoms with E-state index >= 15 is 0 Å². The maximum absolute atomic E-state index is 12.5. The van der Waals surface area contributed by atoms with E-state index in [4.69, 9.17) is 9.47 Å². The van der Waals surface area contributed by atoms with Gasteiger partial charge in [0.05, 0.1) is 12.2 Å². The fourth-order valence-electron chi connectivity index (χ4n) is 5.01. The summed E-state index contributed by atoms with van der Waals surface area (Å²) in [5.74, 6) is 0.511. The van der Waals surface area contributed by atoms with E-state index in [1.807, 2.05) is 24.3 Å². The van der Waals surface area contributed by atoms with E-state index in [-0.39, 0.29) is 12.1 Å². The van der Waals surface area contributed by atoms with Gasteiger partial charge in [-0.25, -0.2) is 4.79 Å². The molecule has 1 atom stereocenters. The van der Waals surface area contributed by atoms with E-state index in [2.05, 4.69) is 47.2 Å². The lowest BCUT2D eigenvalue weighted by atomic mass is 10.1. The van der Waals surface area contributed by atoms with Crippen LogP contribution in [0.2, 0.25) is 0 Å². The minimum atomic E-state index is -0.255. The first-order valence-electron chi connectivity index (χ1n) is 12.6. The summed E-state index contributed by atoms with van der Waals surface area (Å²) in [5, 5.41) is 0. The highest BCUT2D eigenvalue weighted by Crippen LogP contribution is 2.22. The number of ether oxygens (including phenoxy) is 2. The minimum Gasteiger partial charge on any atom is -0.490 e. The molecule has 1 unspecified atom stereocenters. The second-order valence-corrected chi connectivity index (χ2v) is 9.48. The van der Waals surface area contributed by atoms with Crippen molar-refractivity contribution in [3.63, 3.8) is 0 Å². The van der Waals surface area contributed by atoms with Gasteiger partial charge in [-0.2, -0.15) is 0 Å². The normalized spacial score (nSPS) is 20.1. The molecule has 2 saturated heterocycles. The molecule has 2 heterocycles. The molecule has 2 aliphatic rings. The summed E-state index contributed by atoms with van der Waals surface area (Å²) in [7, 11) is 2.15. The number of rotatable bonds is 10. The van der Waals surface area contributed by atoms with Crippen molar-refractivity contribution in [2.45, 2.75) is 57.1 Å². The predicted molar refractivity (Wildman–Crippen MR) is 132 cm³/mol. The summed E-state index contributed by atoms with van der Waals surface area (Å²) in [6, 6.07) is 18.7. The van der Waals surface area contributed by atoms with E-state index in [1.165, 1.54) is 24.8 Å². The Hall–Kier alpha value is -2.37. The fraction of sp³-hybridized carbons (Fsp3) is 0.536. The second-order valence-electron chi connectivity index (χ2n) is 9.48. The number of hydrogen-bond acceptors (Lipinski definition) is 5. The smallest absolute Gasteiger partial charge is 0.338 e. The lowest BCUT2D eigenvalue weighted by molar-refractivity contribution is 0.0474. The molecule has 5 nitrogen and oxygen atoms in total. The molecule has 0 spiro atoms. The van der Waals surface area contributed by atoms with Gasteiger partial charge in [0.15, 0.2) is 0 Å². The third kappa shape index (κ3) is 7.31. The Morgan fingerprint density at radius 1 is 1.00 bits per heavy atom. The Morgan fingerprint density at radius 2 is 1.82 bits per heavy atom. The van der Waals surface area contributed by atoms with Crippen LogP contribution in [0.25, 0.3) is 0 Å². The van der Waals surface area contributed by atoms with Gasteiger partial charge in [0.2, 0.25) is 0 Å². The van der Waals surface area contributed by atoms with Gasteiger partial charge >= 0.3 is 5.97 Å². The number of nitrogens with zero attached hydrogens (tertiary/aromatic N) is 2. The highest BCUT2D eigenvalue weighted by atomic mass is 16.5. The molecule has 178 valence electrons. The zero-order valence-corrected chi connectivity index (χ0v) is 20.0. The van der Waals surface area contributed by atoms with Gasteiger partial charge in [-0.05, 0) is 88.8 Å². The molecule has 2 fully saturated rings. The van der Waals surface area contributed by atoms with Crippen molar-refractivity contribution in [1.82, 2.24) is 9.80 Å². The van der Waals surface area contributed by atoms with E-state index in [1.54, 1.807) is 0 Å². The van der Waals surface area contributed by atoms with E-state index in [0.717, 1.165) is 57.6 Å². The van der Waals surface area contributed by atoms with Gasteiger partial charge in [-0.3, -0.25) is 0 Å². The van der Waals surface area contributed by atoms with Crippen molar-refractivity contribution in [2.75, 3.05) is 39.8 Å². The molecule has 33 heavy (non-hydrogen) atoms. The van der Waals surface area contributed by atoms with Gasteiger partial charge < -0.3 is 19.3 Å². The SMILES string of the molecule is CN1CCCC1CCOC(=O)c1cccc(OC2CCN(CCCc3ccccc3)CC2)c1. The van der Waals surface area contributed by atoms with Crippen LogP contribution in [0.1, 0.15) is 54.4 Å². The highest BCUT2D eigenvalue weighted by molar-refractivity contribution is 5.89. The van der Waals surface area contributed by atoms with Crippen LogP contribution < -0.4 is 4.74 Å².